The zero-order chi connectivity index (χ0) is 30.3. The second-order valence-corrected chi connectivity index (χ2v) is 11.2. The van der Waals surface area contributed by atoms with E-state index in [0.717, 1.165) is 43.3 Å². The molecule has 222 valence electrons. The maximum Gasteiger partial charge on any atom is 0.323 e. The number of amidine groups is 1. The van der Waals surface area contributed by atoms with Gasteiger partial charge in [0.2, 0.25) is 0 Å². The predicted octanol–water partition coefficient (Wildman–Crippen LogP) is 7.79. The first kappa shape index (κ1) is 31.0. The molecule has 0 spiro atoms. The number of para-hydroxylation sites is 1. The monoisotopic (exact) mass is 591 g/mol. The lowest BCUT2D eigenvalue weighted by Gasteiger charge is -2.47. The number of hydrogen-bond donors (Lipinski definition) is 3. The van der Waals surface area contributed by atoms with Crippen LogP contribution in [0.15, 0.2) is 77.5 Å². The van der Waals surface area contributed by atoms with E-state index in [0.29, 0.717) is 35.7 Å². The van der Waals surface area contributed by atoms with E-state index in [1.807, 2.05) is 37.9 Å². The number of carbonyl (C=O) groups excluding carboxylic acids is 2. The van der Waals surface area contributed by atoms with E-state index in [2.05, 4.69) is 35.0 Å². The number of rotatable bonds is 10. The van der Waals surface area contributed by atoms with Crippen LogP contribution in [0.4, 0.5) is 20.6 Å². The maximum atomic E-state index is 14.9. The molecule has 2 heterocycles. The summed E-state index contributed by atoms with van der Waals surface area (Å²) in [5.41, 5.74) is 1.44. The van der Waals surface area contributed by atoms with Crippen molar-refractivity contribution in [1.29, 1.82) is 0 Å². The third kappa shape index (κ3) is 6.93. The molecule has 42 heavy (non-hydrogen) atoms. The SMILES string of the molecule is C/C=C/CCC(CC)CN=C1CC2(C)C(=CN1)C=C(c1cc(NC(=O)Nc3ccccc3)c(F)cc1Cl)C(=O)N2CC. The first-order valence-electron chi connectivity index (χ1n) is 14.5. The molecule has 0 saturated heterocycles. The van der Waals surface area contributed by atoms with Gasteiger partial charge in [-0.05, 0) is 75.4 Å². The molecule has 0 bridgehead atoms. The van der Waals surface area contributed by atoms with Gasteiger partial charge in [0.15, 0.2) is 0 Å². The standard InChI is InChI=1S/C33H39ClFN5O2/c1-5-8-10-13-22(6-2)20-36-30-19-33(4)23(21-37-30)16-26(31(41)40(33)7-3)25-17-29(28(35)18-27(25)34)39-32(42)38-24-14-11-9-12-15-24/h5,8-9,11-12,14-18,21-22H,6-7,10,13,19-20H2,1-4H3,(H,36,37)(H2,38,39,42)/b8-5+. The number of hydrogen-bond acceptors (Lipinski definition) is 3. The highest BCUT2D eigenvalue weighted by Crippen LogP contribution is 2.42. The van der Waals surface area contributed by atoms with Gasteiger partial charge in [-0.25, -0.2) is 9.18 Å². The van der Waals surface area contributed by atoms with Crippen molar-refractivity contribution >= 4 is 46.3 Å². The van der Waals surface area contributed by atoms with E-state index in [1.165, 1.54) is 6.07 Å². The topological polar surface area (TPSA) is 85.8 Å². The summed E-state index contributed by atoms with van der Waals surface area (Å²) in [7, 11) is 0. The number of nitrogens with one attached hydrogen (secondary N) is 3. The third-order valence-corrected chi connectivity index (χ3v) is 8.25. The number of aliphatic imine (C=N–C) groups is 1. The van der Waals surface area contributed by atoms with Gasteiger partial charge in [0, 0.05) is 42.5 Å². The van der Waals surface area contributed by atoms with Crippen LogP contribution in [0.2, 0.25) is 5.02 Å². The first-order chi connectivity index (χ1) is 20.2. The number of benzene rings is 2. The molecule has 2 atom stereocenters. The molecular weight excluding hydrogens is 553 g/mol. The Morgan fingerprint density at radius 3 is 2.69 bits per heavy atom. The molecule has 0 aliphatic carbocycles. The van der Waals surface area contributed by atoms with Crippen LogP contribution in [-0.2, 0) is 4.79 Å². The van der Waals surface area contributed by atoms with Crippen molar-refractivity contribution in [2.75, 3.05) is 23.7 Å². The van der Waals surface area contributed by atoms with Gasteiger partial charge in [0.25, 0.3) is 5.91 Å². The van der Waals surface area contributed by atoms with Gasteiger partial charge in [0.05, 0.1) is 16.2 Å². The van der Waals surface area contributed by atoms with E-state index in [1.54, 1.807) is 30.3 Å². The van der Waals surface area contributed by atoms with Crippen molar-refractivity contribution in [1.82, 2.24) is 10.2 Å². The van der Waals surface area contributed by atoms with Crippen molar-refractivity contribution in [2.24, 2.45) is 10.9 Å². The van der Waals surface area contributed by atoms with Crippen LogP contribution in [-0.4, -0.2) is 41.3 Å². The minimum absolute atomic E-state index is 0.0796. The normalized spacial score (nSPS) is 20.1. The quantitative estimate of drug-likeness (QED) is 0.247. The Balaban J connectivity index is 1.60. The van der Waals surface area contributed by atoms with Gasteiger partial charge in [-0.15, -0.1) is 0 Å². The van der Waals surface area contributed by atoms with Gasteiger partial charge < -0.3 is 20.9 Å². The fraction of sp³-hybridized carbons (Fsp3) is 0.364. The minimum Gasteiger partial charge on any atom is -0.350 e. The number of likely N-dealkylation sites (N-methyl/N-ethyl adjacent to an activating group) is 1. The number of carbonyl (C=O) groups is 2. The molecule has 2 aromatic rings. The summed E-state index contributed by atoms with van der Waals surface area (Å²) in [5, 5.41) is 8.62. The van der Waals surface area contributed by atoms with E-state index in [-0.39, 0.29) is 16.6 Å². The number of fused-ring (bicyclic) bond motifs is 1. The first-order valence-corrected chi connectivity index (χ1v) is 14.9. The van der Waals surface area contributed by atoms with Gasteiger partial charge in [0.1, 0.15) is 11.7 Å². The summed E-state index contributed by atoms with van der Waals surface area (Å²) in [4.78, 5) is 33.2. The molecule has 0 fully saturated rings. The van der Waals surface area contributed by atoms with E-state index in [4.69, 9.17) is 16.6 Å². The average Bonchev–Trinajstić information content (AvgIpc) is 2.96. The molecule has 4 rings (SSSR count). The van der Waals surface area contributed by atoms with Crippen LogP contribution in [0.5, 0.6) is 0 Å². The van der Waals surface area contributed by atoms with Gasteiger partial charge >= 0.3 is 6.03 Å². The van der Waals surface area contributed by atoms with Crippen LogP contribution in [0.25, 0.3) is 5.57 Å². The molecule has 2 aliphatic rings. The Morgan fingerprint density at radius 1 is 1.24 bits per heavy atom. The number of allylic oxidation sites excluding steroid dienone is 2. The summed E-state index contributed by atoms with van der Waals surface area (Å²) < 4.78 is 14.9. The Hall–Kier alpha value is -3.91. The van der Waals surface area contributed by atoms with Crippen LogP contribution >= 0.6 is 11.6 Å². The highest BCUT2D eigenvalue weighted by atomic mass is 35.5. The number of anilines is 2. The lowest BCUT2D eigenvalue weighted by Crippen LogP contribution is -2.57. The molecule has 7 nitrogen and oxygen atoms in total. The number of halogens is 2. The summed E-state index contributed by atoms with van der Waals surface area (Å²) >= 11 is 6.48. The summed E-state index contributed by atoms with van der Waals surface area (Å²) in [6.07, 6.45) is 11.7. The van der Waals surface area contributed by atoms with Crippen molar-refractivity contribution in [3.63, 3.8) is 0 Å². The minimum atomic E-state index is -0.705. The van der Waals surface area contributed by atoms with Crippen molar-refractivity contribution < 1.29 is 14.0 Å². The van der Waals surface area contributed by atoms with Crippen molar-refractivity contribution in [3.8, 4) is 0 Å². The maximum absolute atomic E-state index is 14.9. The van der Waals surface area contributed by atoms with E-state index in [9.17, 15) is 14.0 Å². The molecule has 0 saturated carbocycles. The largest absolute Gasteiger partial charge is 0.350 e. The number of amides is 3. The Labute approximate surface area is 252 Å². The molecule has 0 radical (unpaired) electrons. The lowest BCUT2D eigenvalue weighted by molar-refractivity contribution is -0.129. The second kappa shape index (κ2) is 13.8. The lowest BCUT2D eigenvalue weighted by atomic mass is 9.78. The van der Waals surface area contributed by atoms with Gasteiger partial charge in [-0.3, -0.25) is 9.79 Å². The summed E-state index contributed by atoms with van der Waals surface area (Å²) in [5.74, 6) is 0.422. The fourth-order valence-corrected chi connectivity index (χ4v) is 5.69. The van der Waals surface area contributed by atoms with Gasteiger partial charge in [-0.1, -0.05) is 55.3 Å². The zero-order valence-corrected chi connectivity index (χ0v) is 25.4. The van der Waals surface area contributed by atoms with Crippen LogP contribution in [0, 0.1) is 11.7 Å². The second-order valence-electron chi connectivity index (χ2n) is 10.8. The summed E-state index contributed by atoms with van der Waals surface area (Å²) in [6.45, 7) is 9.39. The Bertz CT molecular complexity index is 1440. The number of urea groups is 1. The highest BCUT2D eigenvalue weighted by Gasteiger charge is 2.45. The average molecular weight is 592 g/mol. The van der Waals surface area contributed by atoms with Crippen LogP contribution in [0.1, 0.15) is 58.9 Å². The van der Waals surface area contributed by atoms with Crippen molar-refractivity contribution in [2.45, 2.75) is 58.9 Å². The third-order valence-electron chi connectivity index (χ3n) is 7.94. The molecule has 2 aliphatic heterocycles. The van der Waals surface area contributed by atoms with Crippen LogP contribution < -0.4 is 16.0 Å². The van der Waals surface area contributed by atoms with E-state index >= 15 is 0 Å². The Morgan fingerprint density at radius 2 is 2.00 bits per heavy atom. The fourth-order valence-electron chi connectivity index (χ4n) is 5.44. The molecule has 3 amide bonds. The van der Waals surface area contributed by atoms with E-state index < -0.39 is 17.4 Å². The summed E-state index contributed by atoms with van der Waals surface area (Å²) in [6, 6.07) is 10.7. The molecule has 0 aromatic heterocycles. The van der Waals surface area contributed by atoms with Crippen molar-refractivity contribution in [3.05, 3.63) is 88.9 Å². The molecule has 9 heteroatoms. The predicted molar refractivity (Wildman–Crippen MR) is 170 cm³/mol. The molecular formula is C33H39ClFN5O2. The Kier molecular flexibility index (Phi) is 10.2. The molecule has 2 aromatic carbocycles. The van der Waals surface area contributed by atoms with Gasteiger partial charge in [-0.2, -0.15) is 0 Å². The number of nitrogens with zero attached hydrogens (tertiary/aromatic N) is 2. The molecule has 2 unspecified atom stereocenters. The highest BCUT2D eigenvalue weighted by molar-refractivity contribution is 6.35. The van der Waals surface area contributed by atoms with Crippen LogP contribution in [0.3, 0.4) is 0 Å². The smallest absolute Gasteiger partial charge is 0.323 e. The zero-order valence-electron chi connectivity index (χ0n) is 24.6. The molecule has 3 N–H and O–H groups in total.